The summed E-state index contributed by atoms with van der Waals surface area (Å²) in [7, 11) is 0. The van der Waals surface area contributed by atoms with Crippen LogP contribution in [-0.2, 0) is 0 Å². The topological polar surface area (TPSA) is 20.3 Å². The van der Waals surface area contributed by atoms with Gasteiger partial charge in [0.15, 0.2) is 5.78 Å². The molecule has 0 amide bonds. The highest BCUT2D eigenvalue weighted by atomic mass is 19.1. The first-order valence-corrected chi connectivity index (χ1v) is 6.69. The number of hydrogen-bond acceptors (Lipinski definition) is 2. The molecule has 1 heterocycles. The molecule has 0 N–H and O–H groups in total. The minimum Gasteiger partial charge on any atom is -0.300 e. The molecule has 1 aliphatic heterocycles. The molecular weight excluding hydrogens is 248 g/mol. The highest BCUT2D eigenvalue weighted by Gasteiger charge is 2.26. The Bertz CT molecular complexity index is 455. The molecule has 0 aromatic heterocycles. The number of benzene rings is 1. The van der Waals surface area contributed by atoms with E-state index in [1.54, 1.807) is 0 Å². The van der Waals surface area contributed by atoms with Crippen molar-refractivity contribution in [3.8, 4) is 0 Å². The summed E-state index contributed by atoms with van der Waals surface area (Å²) in [5, 5.41) is 0. The molecule has 104 valence electrons. The van der Waals surface area contributed by atoms with Gasteiger partial charge in [-0.05, 0) is 31.4 Å². The lowest BCUT2D eigenvalue weighted by molar-refractivity contribution is 0.0961. The van der Waals surface area contributed by atoms with Crippen molar-refractivity contribution in [3.05, 3.63) is 35.4 Å². The maximum atomic E-state index is 13.0. The van der Waals surface area contributed by atoms with Crippen LogP contribution in [0.1, 0.15) is 37.0 Å². The van der Waals surface area contributed by atoms with Crippen LogP contribution < -0.4 is 0 Å². The summed E-state index contributed by atoms with van der Waals surface area (Å²) in [6.07, 6.45) is 1.45. The maximum Gasteiger partial charge on any atom is 0.164 e. The Morgan fingerprint density at radius 3 is 2.42 bits per heavy atom. The first-order chi connectivity index (χ1) is 8.95. The largest absolute Gasteiger partial charge is 0.300 e. The molecule has 2 rings (SSSR count). The molecule has 0 saturated carbocycles. The molecule has 0 aliphatic carbocycles. The van der Waals surface area contributed by atoms with Gasteiger partial charge in [0.25, 0.3) is 0 Å². The van der Waals surface area contributed by atoms with E-state index in [2.05, 4.69) is 18.7 Å². The van der Waals surface area contributed by atoms with Gasteiger partial charge in [0.05, 0.1) is 0 Å². The van der Waals surface area contributed by atoms with Crippen LogP contribution in [0.25, 0.3) is 0 Å². The van der Waals surface area contributed by atoms with Gasteiger partial charge in [0.1, 0.15) is 11.6 Å². The lowest BCUT2D eigenvalue weighted by Crippen LogP contribution is -2.29. The molecule has 1 aliphatic rings. The summed E-state index contributed by atoms with van der Waals surface area (Å²) in [4.78, 5) is 14.2. The molecule has 1 saturated heterocycles. The van der Waals surface area contributed by atoms with Crippen molar-refractivity contribution in [2.45, 2.75) is 32.7 Å². The van der Waals surface area contributed by atoms with Crippen LogP contribution in [0, 0.1) is 17.6 Å². The van der Waals surface area contributed by atoms with E-state index >= 15 is 0 Å². The van der Waals surface area contributed by atoms with E-state index in [-0.39, 0.29) is 11.3 Å². The standard InChI is InChI=1S/C15H19F2NO/c1-10-5-11(2)18(9-10)4-3-15(19)12-6-13(16)8-14(17)7-12/h6-8,10-11H,3-5,9H2,1-2H3. The van der Waals surface area contributed by atoms with Crippen LogP contribution in [0.5, 0.6) is 0 Å². The number of rotatable bonds is 4. The fourth-order valence-corrected chi connectivity index (χ4v) is 2.80. The van der Waals surface area contributed by atoms with Crippen molar-refractivity contribution >= 4 is 5.78 Å². The van der Waals surface area contributed by atoms with E-state index < -0.39 is 11.6 Å². The zero-order valence-corrected chi connectivity index (χ0v) is 11.3. The second kappa shape index (κ2) is 5.78. The Labute approximate surface area is 112 Å². The minimum atomic E-state index is -0.702. The fraction of sp³-hybridized carbons (Fsp3) is 0.533. The Kier molecular flexibility index (Phi) is 4.30. The predicted molar refractivity (Wildman–Crippen MR) is 70.1 cm³/mol. The van der Waals surface area contributed by atoms with Crippen molar-refractivity contribution in [1.29, 1.82) is 0 Å². The molecular formula is C15H19F2NO. The highest BCUT2D eigenvalue weighted by Crippen LogP contribution is 2.22. The second-order valence-corrected chi connectivity index (χ2v) is 5.52. The van der Waals surface area contributed by atoms with E-state index in [1.165, 1.54) is 0 Å². The summed E-state index contributed by atoms with van der Waals surface area (Å²) >= 11 is 0. The monoisotopic (exact) mass is 267 g/mol. The van der Waals surface area contributed by atoms with Crippen LogP contribution in [0.15, 0.2) is 18.2 Å². The number of ketones is 1. The molecule has 19 heavy (non-hydrogen) atoms. The van der Waals surface area contributed by atoms with E-state index in [0.29, 0.717) is 24.9 Å². The normalized spacial score (nSPS) is 23.8. The third-order valence-corrected chi connectivity index (χ3v) is 3.72. The molecule has 1 aromatic carbocycles. The van der Waals surface area contributed by atoms with Crippen molar-refractivity contribution in [2.24, 2.45) is 5.92 Å². The van der Waals surface area contributed by atoms with Gasteiger partial charge in [-0.1, -0.05) is 6.92 Å². The first-order valence-electron chi connectivity index (χ1n) is 6.69. The average molecular weight is 267 g/mol. The number of nitrogens with zero attached hydrogens (tertiary/aromatic N) is 1. The zero-order valence-electron chi connectivity index (χ0n) is 11.3. The second-order valence-electron chi connectivity index (χ2n) is 5.52. The molecule has 2 unspecified atom stereocenters. The Morgan fingerprint density at radius 2 is 1.89 bits per heavy atom. The van der Waals surface area contributed by atoms with E-state index in [4.69, 9.17) is 0 Å². The number of halogens is 2. The van der Waals surface area contributed by atoms with Crippen molar-refractivity contribution < 1.29 is 13.6 Å². The van der Waals surface area contributed by atoms with Gasteiger partial charge in [-0.15, -0.1) is 0 Å². The van der Waals surface area contributed by atoms with Gasteiger partial charge in [0, 0.05) is 37.2 Å². The number of carbonyl (C=O) groups is 1. The van der Waals surface area contributed by atoms with Gasteiger partial charge >= 0.3 is 0 Å². The van der Waals surface area contributed by atoms with Crippen LogP contribution in [0.2, 0.25) is 0 Å². The Hall–Kier alpha value is -1.29. The van der Waals surface area contributed by atoms with E-state index in [9.17, 15) is 13.6 Å². The minimum absolute atomic E-state index is 0.123. The summed E-state index contributed by atoms with van der Waals surface area (Å²) < 4.78 is 26.1. The Balaban J connectivity index is 1.94. The smallest absolute Gasteiger partial charge is 0.164 e. The lowest BCUT2D eigenvalue weighted by atomic mass is 10.1. The number of carbonyl (C=O) groups excluding carboxylic acids is 1. The van der Waals surface area contributed by atoms with Crippen molar-refractivity contribution in [2.75, 3.05) is 13.1 Å². The number of hydrogen-bond donors (Lipinski definition) is 0. The van der Waals surface area contributed by atoms with Gasteiger partial charge in [0.2, 0.25) is 0 Å². The fourth-order valence-electron chi connectivity index (χ4n) is 2.80. The molecule has 1 aromatic rings. The summed E-state index contributed by atoms with van der Waals surface area (Å²) in [5.74, 6) is -0.958. The third kappa shape index (κ3) is 3.60. The number of likely N-dealkylation sites (tertiary alicyclic amines) is 1. The average Bonchev–Trinajstić information content (AvgIpc) is 2.63. The van der Waals surface area contributed by atoms with Crippen LogP contribution in [0.3, 0.4) is 0 Å². The SMILES string of the molecule is CC1CC(C)N(CCC(=O)c2cc(F)cc(F)c2)C1. The highest BCUT2D eigenvalue weighted by molar-refractivity contribution is 5.96. The van der Waals surface area contributed by atoms with Crippen LogP contribution >= 0.6 is 0 Å². The third-order valence-electron chi connectivity index (χ3n) is 3.72. The van der Waals surface area contributed by atoms with Crippen LogP contribution in [0.4, 0.5) is 8.78 Å². The summed E-state index contributed by atoms with van der Waals surface area (Å²) in [6.45, 7) is 5.99. The summed E-state index contributed by atoms with van der Waals surface area (Å²) in [5.41, 5.74) is 0.123. The molecule has 2 nitrogen and oxygen atoms in total. The van der Waals surface area contributed by atoms with E-state index in [0.717, 1.165) is 31.2 Å². The first kappa shape index (κ1) is 14.1. The predicted octanol–water partition coefficient (Wildman–Crippen LogP) is 3.27. The molecule has 0 bridgehead atoms. The van der Waals surface area contributed by atoms with Crippen molar-refractivity contribution in [3.63, 3.8) is 0 Å². The summed E-state index contributed by atoms with van der Waals surface area (Å²) in [6, 6.07) is 3.45. The van der Waals surface area contributed by atoms with Crippen molar-refractivity contribution in [1.82, 2.24) is 4.90 Å². The van der Waals surface area contributed by atoms with Gasteiger partial charge in [-0.25, -0.2) is 8.78 Å². The Morgan fingerprint density at radius 1 is 1.26 bits per heavy atom. The van der Waals surface area contributed by atoms with E-state index in [1.807, 2.05) is 0 Å². The molecule has 0 radical (unpaired) electrons. The quantitative estimate of drug-likeness (QED) is 0.780. The lowest BCUT2D eigenvalue weighted by Gasteiger charge is -2.20. The molecule has 4 heteroatoms. The van der Waals surface area contributed by atoms with Gasteiger partial charge in [-0.3, -0.25) is 9.69 Å². The maximum absolute atomic E-state index is 13.0. The molecule has 2 atom stereocenters. The van der Waals surface area contributed by atoms with Gasteiger partial charge < -0.3 is 0 Å². The molecule has 1 fully saturated rings. The number of Topliss-reactive ketones (excluding diaryl/α,β-unsaturated/α-hetero) is 1. The van der Waals surface area contributed by atoms with Crippen LogP contribution in [-0.4, -0.2) is 29.8 Å². The van der Waals surface area contributed by atoms with Gasteiger partial charge in [-0.2, -0.15) is 0 Å². The zero-order chi connectivity index (χ0) is 14.0. The molecule has 0 spiro atoms.